The predicted octanol–water partition coefficient (Wildman–Crippen LogP) is 3.78. The van der Waals surface area contributed by atoms with Gasteiger partial charge in [-0.3, -0.25) is 14.9 Å². The van der Waals surface area contributed by atoms with Gasteiger partial charge in [0.1, 0.15) is 0 Å². The standard InChI is InChI=1S/C19H15N5O3S2/c25-18(17-20-13-3-1-2-4-15(13)28-17)22-7-9-23(10-8-22)19-21-14-6-5-12(24(26)27)11-16(14)29-19/h1-6,11H,7-10H2. The number of thiazole rings is 2. The molecule has 4 aromatic rings. The number of amides is 1. The van der Waals surface area contributed by atoms with E-state index in [1.54, 1.807) is 12.1 Å². The summed E-state index contributed by atoms with van der Waals surface area (Å²) < 4.78 is 1.81. The molecular weight excluding hydrogens is 410 g/mol. The van der Waals surface area contributed by atoms with E-state index in [4.69, 9.17) is 0 Å². The summed E-state index contributed by atoms with van der Waals surface area (Å²) in [6.07, 6.45) is 0. The molecule has 2 aromatic heterocycles. The molecule has 1 aliphatic rings. The van der Waals surface area contributed by atoms with Crippen LogP contribution in [0.15, 0.2) is 42.5 Å². The van der Waals surface area contributed by atoms with Gasteiger partial charge < -0.3 is 9.80 Å². The highest BCUT2D eigenvalue weighted by Gasteiger charge is 2.26. The van der Waals surface area contributed by atoms with Crippen LogP contribution >= 0.6 is 22.7 Å². The van der Waals surface area contributed by atoms with E-state index in [1.165, 1.54) is 28.7 Å². The minimum absolute atomic E-state index is 0.0363. The van der Waals surface area contributed by atoms with E-state index in [2.05, 4.69) is 14.9 Å². The Labute approximate surface area is 173 Å². The smallest absolute Gasteiger partial charge is 0.282 e. The van der Waals surface area contributed by atoms with Crippen molar-refractivity contribution in [3.05, 3.63) is 57.6 Å². The highest BCUT2D eigenvalue weighted by atomic mass is 32.1. The number of benzene rings is 2. The van der Waals surface area contributed by atoms with Crippen LogP contribution < -0.4 is 4.90 Å². The van der Waals surface area contributed by atoms with Crippen molar-refractivity contribution in [2.24, 2.45) is 0 Å². The summed E-state index contributed by atoms with van der Waals surface area (Å²) in [5.74, 6) is -0.0363. The fraction of sp³-hybridized carbons (Fsp3) is 0.211. The van der Waals surface area contributed by atoms with Crippen LogP contribution in [0.1, 0.15) is 9.80 Å². The van der Waals surface area contributed by atoms with Gasteiger partial charge in [-0.15, -0.1) is 11.3 Å². The SMILES string of the molecule is O=C(c1nc2ccccc2s1)N1CCN(c2nc3ccc([N+](=O)[O-])cc3s2)CC1. The second-order valence-corrected chi connectivity index (χ2v) is 8.71. The molecule has 1 aliphatic heterocycles. The normalized spacial score (nSPS) is 14.6. The van der Waals surface area contributed by atoms with Crippen LogP contribution in [0.2, 0.25) is 0 Å². The molecule has 5 rings (SSSR count). The van der Waals surface area contributed by atoms with Crippen molar-refractivity contribution in [1.82, 2.24) is 14.9 Å². The summed E-state index contributed by atoms with van der Waals surface area (Å²) in [4.78, 5) is 36.4. The van der Waals surface area contributed by atoms with E-state index in [0.29, 0.717) is 31.2 Å². The zero-order valence-corrected chi connectivity index (χ0v) is 16.8. The van der Waals surface area contributed by atoms with Gasteiger partial charge in [0.15, 0.2) is 10.1 Å². The first-order valence-corrected chi connectivity index (χ1v) is 10.7. The van der Waals surface area contributed by atoms with Crippen LogP contribution in [0.25, 0.3) is 20.4 Å². The van der Waals surface area contributed by atoms with Gasteiger partial charge in [-0.25, -0.2) is 9.97 Å². The monoisotopic (exact) mass is 425 g/mol. The molecule has 2 aromatic carbocycles. The lowest BCUT2D eigenvalue weighted by molar-refractivity contribution is -0.384. The van der Waals surface area contributed by atoms with Gasteiger partial charge >= 0.3 is 0 Å². The number of anilines is 1. The van der Waals surface area contributed by atoms with Crippen LogP contribution in [0, 0.1) is 10.1 Å². The van der Waals surface area contributed by atoms with Crippen LogP contribution in [0.5, 0.6) is 0 Å². The first-order valence-electron chi connectivity index (χ1n) is 9.03. The lowest BCUT2D eigenvalue weighted by atomic mass is 10.3. The Kier molecular flexibility index (Phi) is 4.36. The van der Waals surface area contributed by atoms with E-state index in [9.17, 15) is 14.9 Å². The van der Waals surface area contributed by atoms with E-state index in [1.807, 2.05) is 29.2 Å². The predicted molar refractivity (Wildman–Crippen MR) is 114 cm³/mol. The van der Waals surface area contributed by atoms with Crippen LogP contribution in [0.4, 0.5) is 10.8 Å². The average Bonchev–Trinajstić information content (AvgIpc) is 3.36. The number of piperazine rings is 1. The summed E-state index contributed by atoms with van der Waals surface area (Å²) in [6.45, 7) is 2.51. The maximum atomic E-state index is 12.8. The Hall–Kier alpha value is -3.11. The molecule has 0 saturated carbocycles. The molecular formula is C19H15N5O3S2. The Morgan fingerprint density at radius 3 is 2.48 bits per heavy atom. The Morgan fingerprint density at radius 2 is 1.72 bits per heavy atom. The van der Waals surface area contributed by atoms with Crippen molar-refractivity contribution < 1.29 is 9.72 Å². The lowest BCUT2D eigenvalue weighted by Gasteiger charge is -2.34. The van der Waals surface area contributed by atoms with Crippen LogP contribution in [0.3, 0.4) is 0 Å². The third-order valence-corrected chi connectivity index (χ3v) is 6.99. The summed E-state index contributed by atoms with van der Waals surface area (Å²) in [7, 11) is 0. The minimum atomic E-state index is -0.398. The van der Waals surface area contributed by atoms with E-state index < -0.39 is 4.92 Å². The molecule has 0 spiro atoms. The molecule has 0 atom stereocenters. The molecule has 3 heterocycles. The number of fused-ring (bicyclic) bond motifs is 2. The molecule has 146 valence electrons. The third-order valence-electron chi connectivity index (χ3n) is 4.89. The number of rotatable bonds is 3. The summed E-state index contributed by atoms with van der Waals surface area (Å²) in [6, 6.07) is 12.5. The lowest BCUT2D eigenvalue weighted by Crippen LogP contribution is -2.48. The summed E-state index contributed by atoms with van der Waals surface area (Å²) in [5, 5.41) is 12.3. The number of carbonyl (C=O) groups excluding carboxylic acids is 1. The first kappa shape index (κ1) is 18.0. The quantitative estimate of drug-likeness (QED) is 0.366. The maximum absolute atomic E-state index is 12.8. The number of hydrogen-bond acceptors (Lipinski definition) is 8. The number of hydrogen-bond donors (Lipinski definition) is 0. The number of nitrogens with zero attached hydrogens (tertiary/aromatic N) is 5. The van der Waals surface area contributed by atoms with Gasteiger partial charge in [-0.1, -0.05) is 23.5 Å². The topological polar surface area (TPSA) is 92.5 Å². The highest BCUT2D eigenvalue weighted by Crippen LogP contribution is 2.32. The molecule has 0 aliphatic carbocycles. The van der Waals surface area contributed by atoms with E-state index in [0.717, 1.165) is 25.6 Å². The molecule has 0 bridgehead atoms. The molecule has 1 fully saturated rings. The molecule has 10 heteroatoms. The number of non-ortho nitro benzene ring substituents is 1. The maximum Gasteiger partial charge on any atom is 0.282 e. The highest BCUT2D eigenvalue weighted by molar-refractivity contribution is 7.22. The molecule has 0 unspecified atom stereocenters. The Balaban J connectivity index is 1.30. The molecule has 0 N–H and O–H groups in total. The first-order chi connectivity index (χ1) is 14.1. The number of nitro groups is 1. The van der Waals surface area contributed by atoms with Gasteiger partial charge in [0.25, 0.3) is 11.6 Å². The molecule has 8 nitrogen and oxygen atoms in total. The van der Waals surface area contributed by atoms with Gasteiger partial charge in [-0.2, -0.15) is 0 Å². The summed E-state index contributed by atoms with van der Waals surface area (Å²) in [5.41, 5.74) is 1.67. The summed E-state index contributed by atoms with van der Waals surface area (Å²) >= 11 is 2.86. The Bertz CT molecular complexity index is 1210. The van der Waals surface area contributed by atoms with E-state index in [-0.39, 0.29) is 11.6 Å². The van der Waals surface area contributed by atoms with Crippen molar-refractivity contribution in [3.8, 4) is 0 Å². The van der Waals surface area contributed by atoms with Crippen molar-refractivity contribution in [1.29, 1.82) is 0 Å². The number of carbonyl (C=O) groups is 1. The average molecular weight is 425 g/mol. The van der Waals surface area contributed by atoms with Crippen molar-refractivity contribution in [2.75, 3.05) is 31.1 Å². The second kappa shape index (κ2) is 7.05. The molecule has 1 amide bonds. The fourth-order valence-electron chi connectivity index (χ4n) is 3.35. The van der Waals surface area contributed by atoms with Crippen molar-refractivity contribution >= 4 is 59.8 Å². The largest absolute Gasteiger partial charge is 0.345 e. The van der Waals surface area contributed by atoms with E-state index >= 15 is 0 Å². The van der Waals surface area contributed by atoms with Crippen LogP contribution in [-0.4, -0.2) is 51.9 Å². The molecule has 0 radical (unpaired) electrons. The second-order valence-electron chi connectivity index (χ2n) is 6.67. The zero-order valence-electron chi connectivity index (χ0n) is 15.1. The van der Waals surface area contributed by atoms with Gasteiger partial charge in [-0.05, 0) is 18.2 Å². The number of nitro benzene ring substituents is 1. The molecule has 1 saturated heterocycles. The van der Waals surface area contributed by atoms with Gasteiger partial charge in [0.2, 0.25) is 0 Å². The van der Waals surface area contributed by atoms with Gasteiger partial charge in [0, 0.05) is 38.3 Å². The number of aromatic nitrogens is 2. The van der Waals surface area contributed by atoms with Gasteiger partial charge in [0.05, 0.1) is 25.4 Å². The van der Waals surface area contributed by atoms with Crippen molar-refractivity contribution in [3.63, 3.8) is 0 Å². The minimum Gasteiger partial charge on any atom is -0.345 e. The third kappa shape index (κ3) is 3.30. The number of para-hydroxylation sites is 1. The molecule has 29 heavy (non-hydrogen) atoms. The van der Waals surface area contributed by atoms with Crippen molar-refractivity contribution in [2.45, 2.75) is 0 Å². The fourth-order valence-corrected chi connectivity index (χ4v) is 5.33. The van der Waals surface area contributed by atoms with Crippen LogP contribution in [-0.2, 0) is 0 Å². The Morgan fingerprint density at radius 1 is 0.966 bits per heavy atom. The zero-order chi connectivity index (χ0) is 20.0.